The minimum Gasteiger partial charge on any atom is -0.389 e. The molecule has 0 amide bonds. The third-order valence-corrected chi connectivity index (χ3v) is 1.59. The minimum atomic E-state index is -0.373. The van der Waals surface area contributed by atoms with Crippen molar-refractivity contribution in [3.63, 3.8) is 0 Å². The normalized spacial score (nSPS) is 13.8. The number of aliphatic hydroxyl groups excluding tert-OH is 1. The molecule has 0 bridgehead atoms. The van der Waals surface area contributed by atoms with Crippen molar-refractivity contribution >= 4 is 0 Å². The number of ether oxygens (including phenoxy) is 1. The van der Waals surface area contributed by atoms with Gasteiger partial charge in [-0.1, -0.05) is 13.8 Å². The molecule has 0 spiro atoms. The summed E-state index contributed by atoms with van der Waals surface area (Å²) < 4.78 is 5.27. The lowest BCUT2D eigenvalue weighted by Crippen LogP contribution is -2.28. The molecule has 12 heavy (non-hydrogen) atoms. The van der Waals surface area contributed by atoms with Crippen LogP contribution >= 0.6 is 0 Å². The van der Waals surface area contributed by atoms with E-state index in [4.69, 9.17) is 4.74 Å². The highest BCUT2D eigenvalue weighted by Gasteiger charge is 2.01. The molecule has 3 nitrogen and oxygen atoms in total. The Balaban J connectivity index is 3.08. The standard InChI is InChI=1S/C9H21NO2/c1-8(2)4-5-12-7-9(11)6-10-3/h8-11H,4-7H2,1-3H3. The maximum Gasteiger partial charge on any atom is 0.0897 e. The van der Waals surface area contributed by atoms with Crippen molar-refractivity contribution in [2.45, 2.75) is 26.4 Å². The summed E-state index contributed by atoms with van der Waals surface area (Å²) in [6, 6.07) is 0. The second-order valence-electron chi connectivity index (χ2n) is 3.47. The monoisotopic (exact) mass is 175 g/mol. The fourth-order valence-corrected chi connectivity index (χ4v) is 0.833. The second kappa shape index (κ2) is 7.53. The van der Waals surface area contributed by atoms with Gasteiger partial charge in [-0.15, -0.1) is 0 Å². The highest BCUT2D eigenvalue weighted by Crippen LogP contribution is 1.98. The molecular weight excluding hydrogens is 154 g/mol. The van der Waals surface area contributed by atoms with Crippen molar-refractivity contribution in [2.24, 2.45) is 5.92 Å². The smallest absolute Gasteiger partial charge is 0.0897 e. The molecule has 0 aliphatic heterocycles. The summed E-state index contributed by atoms with van der Waals surface area (Å²) >= 11 is 0. The molecule has 74 valence electrons. The van der Waals surface area contributed by atoms with Gasteiger partial charge in [-0.2, -0.15) is 0 Å². The van der Waals surface area contributed by atoms with Crippen molar-refractivity contribution < 1.29 is 9.84 Å². The molecule has 0 saturated heterocycles. The Hall–Kier alpha value is -0.120. The number of aliphatic hydroxyl groups is 1. The van der Waals surface area contributed by atoms with Crippen LogP contribution in [0, 0.1) is 5.92 Å². The van der Waals surface area contributed by atoms with Crippen molar-refractivity contribution in [3.8, 4) is 0 Å². The second-order valence-corrected chi connectivity index (χ2v) is 3.47. The summed E-state index contributed by atoms with van der Waals surface area (Å²) in [6.07, 6.45) is 0.689. The van der Waals surface area contributed by atoms with Crippen LogP contribution in [0.25, 0.3) is 0 Å². The third kappa shape index (κ3) is 7.98. The van der Waals surface area contributed by atoms with Crippen LogP contribution in [0.5, 0.6) is 0 Å². The van der Waals surface area contributed by atoms with Gasteiger partial charge in [-0.25, -0.2) is 0 Å². The number of hydrogen-bond acceptors (Lipinski definition) is 3. The molecule has 0 aliphatic rings. The van der Waals surface area contributed by atoms with Gasteiger partial charge in [0, 0.05) is 13.2 Å². The number of nitrogens with one attached hydrogen (secondary N) is 1. The van der Waals surface area contributed by atoms with E-state index in [0.29, 0.717) is 19.1 Å². The van der Waals surface area contributed by atoms with Gasteiger partial charge in [-0.05, 0) is 19.4 Å². The summed E-state index contributed by atoms with van der Waals surface area (Å²) in [7, 11) is 1.82. The summed E-state index contributed by atoms with van der Waals surface area (Å²) in [4.78, 5) is 0. The van der Waals surface area contributed by atoms with Crippen LogP contribution in [-0.2, 0) is 4.74 Å². The molecule has 2 N–H and O–H groups in total. The van der Waals surface area contributed by atoms with E-state index in [9.17, 15) is 5.11 Å². The summed E-state index contributed by atoms with van der Waals surface area (Å²) in [5.41, 5.74) is 0. The van der Waals surface area contributed by atoms with E-state index in [1.54, 1.807) is 0 Å². The van der Waals surface area contributed by atoms with E-state index in [0.717, 1.165) is 13.0 Å². The Labute approximate surface area is 75.1 Å². The topological polar surface area (TPSA) is 41.5 Å². The zero-order valence-corrected chi connectivity index (χ0v) is 8.34. The van der Waals surface area contributed by atoms with E-state index in [-0.39, 0.29) is 6.10 Å². The van der Waals surface area contributed by atoms with E-state index in [1.807, 2.05) is 7.05 Å². The summed E-state index contributed by atoms with van der Waals surface area (Å²) in [6.45, 7) is 6.11. The van der Waals surface area contributed by atoms with Crippen LogP contribution in [0.1, 0.15) is 20.3 Å². The molecule has 0 aromatic rings. The lowest BCUT2D eigenvalue weighted by atomic mass is 10.1. The van der Waals surface area contributed by atoms with Gasteiger partial charge >= 0.3 is 0 Å². The molecule has 0 aliphatic carbocycles. The van der Waals surface area contributed by atoms with Gasteiger partial charge in [0.2, 0.25) is 0 Å². The fraction of sp³-hybridized carbons (Fsp3) is 1.00. The molecule has 0 rings (SSSR count). The van der Waals surface area contributed by atoms with Crippen LogP contribution in [0.4, 0.5) is 0 Å². The molecule has 1 atom stereocenters. The van der Waals surface area contributed by atoms with E-state index >= 15 is 0 Å². The van der Waals surface area contributed by atoms with E-state index < -0.39 is 0 Å². The first kappa shape index (κ1) is 11.9. The van der Waals surface area contributed by atoms with Crippen molar-refractivity contribution in [1.82, 2.24) is 5.32 Å². The number of hydrogen-bond donors (Lipinski definition) is 2. The SMILES string of the molecule is CNCC(O)COCCC(C)C. The van der Waals surface area contributed by atoms with Crippen LogP contribution in [0.2, 0.25) is 0 Å². The van der Waals surface area contributed by atoms with Crippen molar-refractivity contribution in [3.05, 3.63) is 0 Å². The van der Waals surface area contributed by atoms with E-state index in [1.165, 1.54) is 0 Å². The molecule has 0 radical (unpaired) electrons. The molecule has 0 aromatic carbocycles. The first-order valence-corrected chi connectivity index (χ1v) is 4.57. The fourth-order valence-electron chi connectivity index (χ4n) is 0.833. The Kier molecular flexibility index (Phi) is 7.45. The van der Waals surface area contributed by atoms with Gasteiger partial charge in [-0.3, -0.25) is 0 Å². The highest BCUT2D eigenvalue weighted by molar-refractivity contribution is 4.55. The van der Waals surface area contributed by atoms with Crippen LogP contribution < -0.4 is 5.32 Å². The van der Waals surface area contributed by atoms with Crippen LogP contribution in [0.3, 0.4) is 0 Å². The lowest BCUT2D eigenvalue weighted by molar-refractivity contribution is 0.0338. The predicted octanol–water partition coefficient (Wildman–Crippen LogP) is 0.629. The molecule has 0 aromatic heterocycles. The van der Waals surface area contributed by atoms with Crippen LogP contribution in [-0.4, -0.2) is 38.0 Å². The number of rotatable bonds is 7. The largest absolute Gasteiger partial charge is 0.389 e. The number of likely N-dealkylation sites (N-methyl/N-ethyl adjacent to an activating group) is 1. The minimum absolute atomic E-state index is 0.373. The van der Waals surface area contributed by atoms with Gasteiger partial charge in [0.05, 0.1) is 12.7 Å². The lowest BCUT2D eigenvalue weighted by Gasteiger charge is -2.11. The molecule has 0 fully saturated rings. The maximum atomic E-state index is 9.23. The Bertz CT molecular complexity index is 96.5. The zero-order chi connectivity index (χ0) is 9.40. The van der Waals surface area contributed by atoms with Gasteiger partial charge in [0.25, 0.3) is 0 Å². The average Bonchev–Trinajstić information content (AvgIpc) is 1.98. The highest BCUT2D eigenvalue weighted by atomic mass is 16.5. The first-order chi connectivity index (χ1) is 5.66. The average molecular weight is 175 g/mol. The quantitative estimate of drug-likeness (QED) is 0.558. The molecule has 0 saturated carbocycles. The molecular formula is C9H21NO2. The van der Waals surface area contributed by atoms with Crippen molar-refractivity contribution in [2.75, 3.05) is 26.8 Å². The molecule has 0 heterocycles. The summed E-state index contributed by atoms with van der Waals surface area (Å²) in [5.74, 6) is 0.673. The molecule has 3 heteroatoms. The third-order valence-electron chi connectivity index (χ3n) is 1.59. The van der Waals surface area contributed by atoms with Gasteiger partial charge < -0.3 is 15.2 Å². The molecule has 1 unspecified atom stereocenters. The van der Waals surface area contributed by atoms with Gasteiger partial charge in [0.15, 0.2) is 0 Å². The van der Waals surface area contributed by atoms with Gasteiger partial charge in [0.1, 0.15) is 0 Å². The predicted molar refractivity (Wildman–Crippen MR) is 50.2 cm³/mol. The Morgan fingerprint density at radius 1 is 1.42 bits per heavy atom. The summed E-state index contributed by atoms with van der Waals surface area (Å²) in [5, 5.41) is 12.1. The maximum absolute atomic E-state index is 9.23. The Morgan fingerprint density at radius 3 is 2.58 bits per heavy atom. The van der Waals surface area contributed by atoms with Crippen LogP contribution in [0.15, 0.2) is 0 Å². The van der Waals surface area contributed by atoms with E-state index in [2.05, 4.69) is 19.2 Å². The first-order valence-electron chi connectivity index (χ1n) is 4.57. The zero-order valence-electron chi connectivity index (χ0n) is 8.34. The Morgan fingerprint density at radius 2 is 2.08 bits per heavy atom. The van der Waals surface area contributed by atoms with Crippen molar-refractivity contribution in [1.29, 1.82) is 0 Å².